The molecule has 0 aromatic carbocycles. The molecular formula is C16H23N5. The fourth-order valence-electron chi connectivity index (χ4n) is 2.02. The zero-order chi connectivity index (χ0) is 15.1. The van der Waals surface area contributed by atoms with Gasteiger partial charge in [0.25, 0.3) is 0 Å². The second-order valence-corrected chi connectivity index (χ2v) is 5.02. The van der Waals surface area contributed by atoms with Crippen molar-refractivity contribution >= 4 is 11.6 Å². The fourth-order valence-corrected chi connectivity index (χ4v) is 2.02. The van der Waals surface area contributed by atoms with E-state index in [0.29, 0.717) is 0 Å². The summed E-state index contributed by atoms with van der Waals surface area (Å²) in [7, 11) is 2.05. The van der Waals surface area contributed by atoms with Gasteiger partial charge in [-0.1, -0.05) is 13.8 Å². The molecule has 0 aliphatic rings. The number of aromatic nitrogens is 3. The van der Waals surface area contributed by atoms with Gasteiger partial charge in [0.2, 0.25) is 0 Å². The Hall–Kier alpha value is -2.17. The Morgan fingerprint density at radius 2 is 1.90 bits per heavy atom. The minimum atomic E-state index is 0.801. The molecule has 0 amide bonds. The van der Waals surface area contributed by atoms with Crippen LogP contribution in [0.15, 0.2) is 30.6 Å². The van der Waals surface area contributed by atoms with Gasteiger partial charge in [0.05, 0.1) is 0 Å². The van der Waals surface area contributed by atoms with Crippen molar-refractivity contribution in [3.05, 3.63) is 42.0 Å². The van der Waals surface area contributed by atoms with Gasteiger partial charge in [-0.05, 0) is 24.1 Å². The highest BCUT2D eigenvalue weighted by Gasteiger charge is 2.08. The van der Waals surface area contributed by atoms with E-state index in [4.69, 9.17) is 0 Å². The molecule has 0 fully saturated rings. The number of rotatable bonds is 7. The van der Waals surface area contributed by atoms with Gasteiger partial charge in [-0.25, -0.2) is 9.97 Å². The number of nitrogens with zero attached hydrogens (tertiary/aromatic N) is 4. The van der Waals surface area contributed by atoms with Crippen LogP contribution in [0.25, 0.3) is 0 Å². The molecule has 0 atom stereocenters. The van der Waals surface area contributed by atoms with Gasteiger partial charge in [-0.2, -0.15) is 0 Å². The Morgan fingerprint density at radius 1 is 1.14 bits per heavy atom. The summed E-state index contributed by atoms with van der Waals surface area (Å²) in [6.07, 6.45) is 5.54. The van der Waals surface area contributed by atoms with E-state index in [1.54, 1.807) is 0 Å². The van der Waals surface area contributed by atoms with Crippen LogP contribution < -0.4 is 10.2 Å². The first-order valence-corrected chi connectivity index (χ1v) is 7.44. The SMILES string of the molecule is CCCNc1cc(N(C)Cc2ccncc2)nc(CC)n1. The highest BCUT2D eigenvalue weighted by molar-refractivity contribution is 5.49. The van der Waals surface area contributed by atoms with Crippen molar-refractivity contribution in [3.63, 3.8) is 0 Å². The van der Waals surface area contributed by atoms with E-state index in [1.807, 2.05) is 37.6 Å². The summed E-state index contributed by atoms with van der Waals surface area (Å²) < 4.78 is 0. The van der Waals surface area contributed by atoms with E-state index in [9.17, 15) is 0 Å². The van der Waals surface area contributed by atoms with Crippen molar-refractivity contribution < 1.29 is 0 Å². The summed E-state index contributed by atoms with van der Waals surface area (Å²) in [4.78, 5) is 15.3. The van der Waals surface area contributed by atoms with Crippen LogP contribution in [0.1, 0.15) is 31.7 Å². The zero-order valence-electron chi connectivity index (χ0n) is 13.0. The van der Waals surface area contributed by atoms with Crippen molar-refractivity contribution in [2.24, 2.45) is 0 Å². The second-order valence-electron chi connectivity index (χ2n) is 5.02. The predicted octanol–water partition coefficient (Wildman–Crippen LogP) is 2.89. The van der Waals surface area contributed by atoms with Gasteiger partial charge in [0, 0.05) is 45.0 Å². The third-order valence-electron chi connectivity index (χ3n) is 3.19. The molecule has 2 aromatic rings. The third-order valence-corrected chi connectivity index (χ3v) is 3.19. The van der Waals surface area contributed by atoms with Gasteiger partial charge in [0.1, 0.15) is 17.5 Å². The first-order valence-electron chi connectivity index (χ1n) is 7.44. The van der Waals surface area contributed by atoms with Gasteiger partial charge in [-0.3, -0.25) is 4.98 Å². The van der Waals surface area contributed by atoms with Crippen molar-refractivity contribution in [3.8, 4) is 0 Å². The predicted molar refractivity (Wildman–Crippen MR) is 86.5 cm³/mol. The van der Waals surface area contributed by atoms with Gasteiger partial charge >= 0.3 is 0 Å². The molecule has 5 nitrogen and oxygen atoms in total. The molecule has 0 spiro atoms. The molecular weight excluding hydrogens is 262 g/mol. The average Bonchev–Trinajstić information content (AvgIpc) is 2.53. The summed E-state index contributed by atoms with van der Waals surface area (Å²) in [5, 5.41) is 3.34. The quantitative estimate of drug-likeness (QED) is 0.847. The molecule has 1 N–H and O–H groups in total. The van der Waals surface area contributed by atoms with Gasteiger partial charge in [-0.15, -0.1) is 0 Å². The second kappa shape index (κ2) is 7.57. The number of hydrogen-bond acceptors (Lipinski definition) is 5. The summed E-state index contributed by atoms with van der Waals surface area (Å²) in [5.41, 5.74) is 1.22. The highest BCUT2D eigenvalue weighted by Crippen LogP contribution is 2.17. The van der Waals surface area contributed by atoms with Gasteiger partial charge in [0.15, 0.2) is 0 Å². The molecule has 5 heteroatoms. The molecule has 0 saturated carbocycles. The Morgan fingerprint density at radius 3 is 2.57 bits per heavy atom. The monoisotopic (exact) mass is 285 g/mol. The summed E-state index contributed by atoms with van der Waals surface area (Å²) in [6, 6.07) is 6.05. The Kier molecular flexibility index (Phi) is 5.49. The van der Waals surface area contributed by atoms with E-state index in [1.165, 1.54) is 5.56 Å². The standard InChI is InChI=1S/C16H23N5/c1-4-8-18-15-11-16(20-14(5-2)19-15)21(3)12-13-6-9-17-10-7-13/h6-7,9-11H,4-5,8,12H2,1-3H3,(H,18,19,20). The third kappa shape index (κ3) is 4.41. The number of pyridine rings is 1. The molecule has 2 rings (SSSR count). The molecule has 0 radical (unpaired) electrons. The maximum absolute atomic E-state index is 4.62. The molecule has 21 heavy (non-hydrogen) atoms. The molecule has 0 bridgehead atoms. The van der Waals surface area contributed by atoms with Crippen LogP contribution in [-0.2, 0) is 13.0 Å². The lowest BCUT2D eigenvalue weighted by atomic mass is 10.2. The first kappa shape index (κ1) is 15.2. The van der Waals surface area contributed by atoms with Crippen LogP contribution in [0.2, 0.25) is 0 Å². The molecule has 0 aliphatic carbocycles. The molecule has 112 valence electrons. The number of hydrogen-bond donors (Lipinski definition) is 1. The Labute approximate surface area is 126 Å². The van der Waals surface area contributed by atoms with E-state index in [0.717, 1.165) is 43.4 Å². The molecule has 0 saturated heterocycles. The lowest BCUT2D eigenvalue weighted by Crippen LogP contribution is -2.19. The van der Waals surface area contributed by atoms with Crippen LogP contribution in [0.3, 0.4) is 0 Å². The van der Waals surface area contributed by atoms with Crippen LogP contribution in [-0.4, -0.2) is 28.5 Å². The van der Waals surface area contributed by atoms with Crippen LogP contribution in [0, 0.1) is 0 Å². The van der Waals surface area contributed by atoms with E-state index < -0.39 is 0 Å². The normalized spacial score (nSPS) is 10.4. The molecule has 2 aromatic heterocycles. The van der Waals surface area contributed by atoms with Crippen molar-refractivity contribution in [2.45, 2.75) is 33.2 Å². The number of nitrogens with one attached hydrogen (secondary N) is 1. The van der Waals surface area contributed by atoms with Crippen LogP contribution in [0.4, 0.5) is 11.6 Å². The molecule has 0 unspecified atom stereocenters. The number of aryl methyl sites for hydroxylation is 1. The Balaban J connectivity index is 2.16. The van der Waals surface area contributed by atoms with E-state index >= 15 is 0 Å². The first-order chi connectivity index (χ1) is 10.2. The van der Waals surface area contributed by atoms with Gasteiger partial charge < -0.3 is 10.2 Å². The Bertz CT molecular complexity index is 556. The maximum Gasteiger partial charge on any atom is 0.134 e. The van der Waals surface area contributed by atoms with Crippen LogP contribution in [0.5, 0.6) is 0 Å². The minimum absolute atomic E-state index is 0.801. The molecule has 0 aliphatic heterocycles. The van der Waals surface area contributed by atoms with E-state index in [-0.39, 0.29) is 0 Å². The summed E-state index contributed by atoms with van der Waals surface area (Å²) in [5.74, 6) is 2.71. The lowest BCUT2D eigenvalue weighted by molar-refractivity contribution is 0.854. The number of anilines is 2. The summed E-state index contributed by atoms with van der Waals surface area (Å²) >= 11 is 0. The summed E-state index contributed by atoms with van der Waals surface area (Å²) in [6.45, 7) is 5.94. The average molecular weight is 285 g/mol. The maximum atomic E-state index is 4.62. The van der Waals surface area contributed by atoms with Crippen molar-refractivity contribution in [1.82, 2.24) is 15.0 Å². The van der Waals surface area contributed by atoms with E-state index in [2.05, 4.69) is 39.0 Å². The van der Waals surface area contributed by atoms with Crippen molar-refractivity contribution in [1.29, 1.82) is 0 Å². The van der Waals surface area contributed by atoms with Crippen LogP contribution >= 0.6 is 0 Å². The largest absolute Gasteiger partial charge is 0.370 e. The lowest BCUT2D eigenvalue weighted by Gasteiger charge is -2.19. The minimum Gasteiger partial charge on any atom is -0.370 e. The molecule has 2 heterocycles. The zero-order valence-corrected chi connectivity index (χ0v) is 13.0. The van der Waals surface area contributed by atoms with Crippen molar-refractivity contribution in [2.75, 3.05) is 23.8 Å². The highest BCUT2D eigenvalue weighted by atomic mass is 15.2. The topological polar surface area (TPSA) is 53.9 Å². The smallest absolute Gasteiger partial charge is 0.134 e. The fraction of sp³-hybridized carbons (Fsp3) is 0.438.